The second-order valence-corrected chi connectivity index (χ2v) is 10.6. The SMILES string of the molecule is CCOP(=O)(OCC)C(Cc1cc(-c2ccc(C(F)(F)F)cc2)no1)(NC(=O)OCc1ccccc1)C(F)(F)F. The number of rotatable bonds is 11. The first-order valence-corrected chi connectivity index (χ1v) is 13.4. The van der Waals surface area contributed by atoms with Gasteiger partial charge in [0.05, 0.1) is 25.2 Å². The molecule has 1 amide bonds. The van der Waals surface area contributed by atoms with Crippen LogP contribution in [0.5, 0.6) is 0 Å². The number of carbonyl (C=O) groups is 1. The molecule has 15 heteroatoms. The zero-order valence-corrected chi connectivity index (χ0v) is 22.1. The number of nitrogens with one attached hydrogen (secondary N) is 1. The van der Waals surface area contributed by atoms with Gasteiger partial charge in [-0.25, -0.2) is 4.79 Å². The van der Waals surface area contributed by atoms with Gasteiger partial charge < -0.3 is 18.3 Å². The van der Waals surface area contributed by atoms with Crippen molar-refractivity contribution in [2.24, 2.45) is 0 Å². The van der Waals surface area contributed by atoms with Crippen LogP contribution in [0, 0.1) is 0 Å². The normalized spacial score (nSPS) is 14.0. The lowest BCUT2D eigenvalue weighted by atomic mass is 10.1. The lowest BCUT2D eigenvalue weighted by Crippen LogP contribution is -2.60. The number of aromatic nitrogens is 1. The van der Waals surface area contributed by atoms with Crippen LogP contribution < -0.4 is 5.32 Å². The van der Waals surface area contributed by atoms with Gasteiger partial charge >= 0.3 is 26.0 Å². The van der Waals surface area contributed by atoms with Crippen LogP contribution in [0.3, 0.4) is 0 Å². The molecule has 0 spiro atoms. The third-order valence-corrected chi connectivity index (χ3v) is 8.21. The summed E-state index contributed by atoms with van der Waals surface area (Å²) >= 11 is 0. The Kier molecular flexibility index (Phi) is 9.70. The molecule has 1 atom stereocenters. The van der Waals surface area contributed by atoms with E-state index in [9.17, 15) is 35.7 Å². The third kappa shape index (κ3) is 7.04. The Morgan fingerprint density at radius 3 is 2.08 bits per heavy atom. The highest BCUT2D eigenvalue weighted by Gasteiger charge is 2.70. The molecular weight excluding hydrogens is 569 g/mol. The molecule has 0 bridgehead atoms. The van der Waals surface area contributed by atoms with Crippen molar-refractivity contribution in [1.82, 2.24) is 10.5 Å². The summed E-state index contributed by atoms with van der Waals surface area (Å²) in [6.07, 6.45) is -12.9. The summed E-state index contributed by atoms with van der Waals surface area (Å²) in [6.45, 7) is 1.25. The molecule has 3 aromatic rings. The number of alkyl halides is 6. The van der Waals surface area contributed by atoms with E-state index in [1.807, 2.05) is 0 Å². The number of nitrogens with zero attached hydrogens (tertiary/aromatic N) is 1. The fraction of sp³-hybridized carbons (Fsp3) is 0.360. The molecule has 1 unspecified atom stereocenters. The summed E-state index contributed by atoms with van der Waals surface area (Å²) in [5, 5.41) is 1.61. The van der Waals surface area contributed by atoms with E-state index in [1.54, 1.807) is 35.6 Å². The predicted octanol–water partition coefficient (Wildman–Crippen LogP) is 7.35. The van der Waals surface area contributed by atoms with Gasteiger partial charge in [0, 0.05) is 11.6 Å². The summed E-state index contributed by atoms with van der Waals surface area (Å²) in [5.41, 5.74) is -0.462. The van der Waals surface area contributed by atoms with Crippen molar-refractivity contribution in [2.75, 3.05) is 13.2 Å². The van der Waals surface area contributed by atoms with E-state index < -0.39 is 68.9 Å². The molecule has 2 aromatic carbocycles. The van der Waals surface area contributed by atoms with Gasteiger partial charge in [-0.2, -0.15) is 26.3 Å². The number of alkyl carbamates (subject to hydrolysis) is 1. The smallest absolute Gasteiger partial charge is 0.423 e. The molecule has 0 fully saturated rings. The molecule has 1 N–H and O–H groups in total. The summed E-state index contributed by atoms with van der Waals surface area (Å²) in [4.78, 5) is 12.7. The fourth-order valence-corrected chi connectivity index (χ4v) is 5.76. The standard InChI is InChI=1S/C25H25F6N2O6P/c1-3-37-40(35,38-4-2)23(25(29,30)31,32-22(34)36-16-17-8-6-5-7-9-17)15-20-14-21(33-39-20)18-10-12-19(13-11-18)24(26,27)28/h5-14H,3-4,15-16H2,1-2H3,(H,32,34). The molecule has 0 aliphatic carbocycles. The minimum absolute atomic E-state index is 0.103. The van der Waals surface area contributed by atoms with Crippen LogP contribution >= 0.6 is 7.60 Å². The lowest BCUT2D eigenvalue weighted by molar-refractivity contribution is -0.175. The first-order chi connectivity index (χ1) is 18.7. The van der Waals surface area contributed by atoms with Gasteiger partial charge in [-0.05, 0) is 31.5 Å². The summed E-state index contributed by atoms with van der Waals surface area (Å²) in [6, 6.07) is 12.8. The highest BCUT2D eigenvalue weighted by molar-refractivity contribution is 7.55. The quantitative estimate of drug-likeness (QED) is 0.183. The Morgan fingerprint density at radius 2 is 1.55 bits per heavy atom. The van der Waals surface area contributed by atoms with Crippen molar-refractivity contribution in [3.8, 4) is 11.3 Å². The van der Waals surface area contributed by atoms with Crippen molar-refractivity contribution in [1.29, 1.82) is 0 Å². The number of carbonyl (C=O) groups excluding carboxylic acids is 1. The molecule has 3 rings (SSSR count). The number of benzene rings is 2. The van der Waals surface area contributed by atoms with E-state index in [1.165, 1.54) is 13.8 Å². The molecule has 8 nitrogen and oxygen atoms in total. The van der Waals surface area contributed by atoms with Gasteiger partial charge in [0.1, 0.15) is 18.1 Å². The number of halogens is 6. The highest BCUT2D eigenvalue weighted by atomic mass is 31.2. The maximum atomic E-state index is 14.8. The van der Waals surface area contributed by atoms with Gasteiger partial charge in [-0.1, -0.05) is 47.6 Å². The molecule has 0 saturated carbocycles. The Morgan fingerprint density at radius 1 is 0.950 bits per heavy atom. The predicted molar refractivity (Wildman–Crippen MR) is 130 cm³/mol. The van der Waals surface area contributed by atoms with Crippen LogP contribution in [0.2, 0.25) is 0 Å². The maximum absolute atomic E-state index is 14.8. The molecule has 0 radical (unpaired) electrons. The Bertz CT molecular complexity index is 1300. The summed E-state index contributed by atoms with van der Waals surface area (Å²) in [5.74, 6) is -0.518. The molecular formula is C25H25F6N2O6P. The number of amides is 1. The van der Waals surface area contributed by atoms with E-state index in [0.717, 1.165) is 30.3 Å². The monoisotopic (exact) mass is 594 g/mol. The van der Waals surface area contributed by atoms with Crippen LogP contribution in [0.15, 0.2) is 65.2 Å². The fourth-order valence-electron chi connectivity index (χ4n) is 3.68. The zero-order chi connectivity index (χ0) is 29.6. The van der Waals surface area contributed by atoms with Crippen LogP contribution in [0.25, 0.3) is 11.3 Å². The van der Waals surface area contributed by atoms with E-state index >= 15 is 0 Å². The summed E-state index contributed by atoms with van der Waals surface area (Å²) in [7, 11) is -5.23. The van der Waals surface area contributed by atoms with E-state index in [4.69, 9.17) is 18.3 Å². The van der Waals surface area contributed by atoms with Crippen LogP contribution in [0.4, 0.5) is 31.1 Å². The Hall–Kier alpha value is -3.35. The molecule has 218 valence electrons. The number of ether oxygens (including phenoxy) is 1. The highest BCUT2D eigenvalue weighted by Crippen LogP contribution is 2.65. The molecule has 0 aliphatic heterocycles. The topological polar surface area (TPSA) is 99.9 Å². The van der Waals surface area contributed by atoms with Gasteiger partial charge in [0.15, 0.2) is 0 Å². The first kappa shape index (κ1) is 31.2. The van der Waals surface area contributed by atoms with Crippen molar-refractivity contribution < 1.29 is 54.0 Å². The Balaban J connectivity index is 1.99. The van der Waals surface area contributed by atoms with Crippen LogP contribution in [-0.4, -0.2) is 35.9 Å². The van der Waals surface area contributed by atoms with E-state index in [2.05, 4.69) is 5.16 Å². The number of hydrogen-bond acceptors (Lipinski definition) is 7. The minimum Gasteiger partial charge on any atom is -0.445 e. The zero-order valence-electron chi connectivity index (χ0n) is 21.2. The molecule has 0 aliphatic rings. The van der Waals surface area contributed by atoms with Crippen LogP contribution in [-0.2, 0) is 37.6 Å². The van der Waals surface area contributed by atoms with E-state index in [-0.39, 0.29) is 11.3 Å². The maximum Gasteiger partial charge on any atom is 0.423 e. The molecule has 1 heterocycles. The average Bonchev–Trinajstić information content (AvgIpc) is 3.35. The minimum atomic E-state index is -5.44. The lowest BCUT2D eigenvalue weighted by Gasteiger charge is -2.39. The van der Waals surface area contributed by atoms with Crippen molar-refractivity contribution in [3.05, 3.63) is 77.6 Å². The van der Waals surface area contributed by atoms with Crippen molar-refractivity contribution in [3.63, 3.8) is 0 Å². The van der Waals surface area contributed by atoms with Crippen molar-refractivity contribution in [2.45, 2.75) is 44.5 Å². The molecule has 1 aromatic heterocycles. The van der Waals surface area contributed by atoms with Gasteiger partial charge in [0.25, 0.3) is 0 Å². The van der Waals surface area contributed by atoms with Crippen LogP contribution in [0.1, 0.15) is 30.7 Å². The largest absolute Gasteiger partial charge is 0.445 e. The molecule has 0 saturated heterocycles. The molecule has 40 heavy (non-hydrogen) atoms. The Labute approximate surface area is 225 Å². The first-order valence-electron chi connectivity index (χ1n) is 11.8. The summed E-state index contributed by atoms with van der Waals surface area (Å²) < 4.78 is 117. The average molecular weight is 594 g/mol. The second kappa shape index (κ2) is 12.4. The van der Waals surface area contributed by atoms with Gasteiger partial charge in [-0.3, -0.25) is 9.88 Å². The van der Waals surface area contributed by atoms with Crippen molar-refractivity contribution >= 4 is 13.7 Å². The van der Waals surface area contributed by atoms with Gasteiger partial charge in [-0.15, -0.1) is 0 Å². The third-order valence-electron chi connectivity index (χ3n) is 5.55. The number of hydrogen-bond donors (Lipinski definition) is 1. The van der Waals surface area contributed by atoms with Gasteiger partial charge in [0.2, 0.25) is 5.28 Å². The van der Waals surface area contributed by atoms with E-state index in [0.29, 0.717) is 5.56 Å². The second-order valence-electron chi connectivity index (χ2n) is 8.31.